The second-order valence-electron chi connectivity index (χ2n) is 5.58. The number of hydrogen-bond donors (Lipinski definition) is 1. The summed E-state index contributed by atoms with van der Waals surface area (Å²) in [6.07, 6.45) is 6.64. The molecule has 0 spiro atoms. The molecule has 0 unspecified atom stereocenters. The summed E-state index contributed by atoms with van der Waals surface area (Å²) in [6, 6.07) is 0. The summed E-state index contributed by atoms with van der Waals surface area (Å²) in [5.41, 5.74) is 0.356. The van der Waals surface area contributed by atoms with Crippen molar-refractivity contribution in [3.63, 3.8) is 0 Å². The monoisotopic (exact) mass is 222 g/mol. The van der Waals surface area contributed by atoms with E-state index < -0.39 is 0 Å². The Kier molecular flexibility index (Phi) is 2.11. The lowest BCUT2D eigenvalue weighted by atomic mass is 9.54. The van der Waals surface area contributed by atoms with Crippen LogP contribution in [0.15, 0.2) is 4.52 Å². The Hall–Kier alpha value is -0.900. The normalized spacial score (nSPS) is 37.9. The zero-order valence-corrected chi connectivity index (χ0v) is 9.70. The van der Waals surface area contributed by atoms with E-state index in [2.05, 4.69) is 10.1 Å². The first kappa shape index (κ1) is 10.3. The molecule has 2 bridgehead atoms. The van der Waals surface area contributed by atoms with E-state index in [1.165, 1.54) is 0 Å². The Bertz CT molecular complexity index is 375. The van der Waals surface area contributed by atoms with Crippen LogP contribution in [0.4, 0.5) is 0 Å². The van der Waals surface area contributed by atoms with E-state index in [-0.39, 0.29) is 10.8 Å². The molecule has 4 rings (SSSR count). The van der Waals surface area contributed by atoms with Gasteiger partial charge >= 0.3 is 0 Å². The number of fused-ring (bicyclic) bond motifs is 3. The Morgan fingerprint density at radius 3 is 2.25 bits per heavy atom. The first-order chi connectivity index (χ1) is 7.68. The van der Waals surface area contributed by atoms with Gasteiger partial charge in [-0.25, -0.2) is 0 Å². The lowest BCUT2D eigenvalue weighted by Crippen LogP contribution is -2.46. The molecule has 4 heteroatoms. The van der Waals surface area contributed by atoms with Crippen LogP contribution in [0, 0.1) is 12.3 Å². The van der Waals surface area contributed by atoms with Gasteiger partial charge in [0.2, 0.25) is 5.89 Å². The zero-order valence-electron chi connectivity index (χ0n) is 9.70. The molecule has 0 aliphatic heterocycles. The van der Waals surface area contributed by atoms with Crippen molar-refractivity contribution in [2.24, 2.45) is 5.41 Å². The molecule has 0 saturated heterocycles. The maximum atomic E-state index is 9.48. The van der Waals surface area contributed by atoms with Crippen LogP contribution in [0.1, 0.15) is 50.2 Å². The summed E-state index contributed by atoms with van der Waals surface area (Å²) in [4.78, 5) is 4.41. The molecule has 3 fully saturated rings. The molecule has 1 aromatic heterocycles. The second kappa shape index (κ2) is 3.29. The number of aromatic nitrogens is 2. The van der Waals surface area contributed by atoms with Crippen LogP contribution in [0.5, 0.6) is 0 Å². The van der Waals surface area contributed by atoms with Gasteiger partial charge in [-0.2, -0.15) is 4.98 Å². The lowest BCUT2D eigenvalue weighted by Gasteiger charge is -2.51. The van der Waals surface area contributed by atoms with E-state index in [0.717, 1.165) is 44.3 Å². The van der Waals surface area contributed by atoms with Crippen molar-refractivity contribution >= 4 is 0 Å². The predicted octanol–water partition coefficient (Wildman–Crippen LogP) is 1.96. The van der Waals surface area contributed by atoms with Crippen LogP contribution in [0.2, 0.25) is 0 Å². The number of nitrogens with zero attached hydrogens (tertiary/aromatic N) is 2. The molecular formula is C12H18N2O2. The van der Waals surface area contributed by atoms with Crippen LogP contribution in [-0.4, -0.2) is 21.9 Å². The molecule has 3 aliphatic rings. The zero-order chi connectivity index (χ0) is 11.2. The van der Waals surface area contributed by atoms with Gasteiger partial charge in [0.25, 0.3) is 0 Å². The van der Waals surface area contributed by atoms with Crippen LogP contribution >= 0.6 is 0 Å². The number of rotatable bonds is 2. The second-order valence-corrected chi connectivity index (χ2v) is 5.58. The minimum Gasteiger partial charge on any atom is -0.396 e. The molecule has 0 atom stereocenters. The third kappa shape index (κ3) is 1.32. The Morgan fingerprint density at radius 2 is 1.81 bits per heavy atom. The van der Waals surface area contributed by atoms with E-state index >= 15 is 0 Å². The fraction of sp³-hybridized carbons (Fsp3) is 0.833. The molecular weight excluding hydrogens is 204 g/mol. The van der Waals surface area contributed by atoms with Gasteiger partial charge in [-0.15, -0.1) is 0 Å². The van der Waals surface area contributed by atoms with Gasteiger partial charge in [-0.05, 0) is 43.9 Å². The molecule has 0 radical (unpaired) electrons. The average Bonchev–Trinajstić information content (AvgIpc) is 2.79. The van der Waals surface area contributed by atoms with Gasteiger partial charge < -0.3 is 9.63 Å². The van der Waals surface area contributed by atoms with Crippen LogP contribution < -0.4 is 0 Å². The minimum absolute atomic E-state index is 0.147. The van der Waals surface area contributed by atoms with Crippen LogP contribution in [0.25, 0.3) is 0 Å². The molecule has 4 nitrogen and oxygen atoms in total. The maximum Gasteiger partial charge on any atom is 0.223 e. The molecule has 1 heterocycles. The van der Waals surface area contributed by atoms with Gasteiger partial charge in [0.1, 0.15) is 0 Å². The minimum atomic E-state index is 0.147. The SMILES string of the molecule is Cc1nc(C23CCC(CO)(CC2)CC3)no1. The van der Waals surface area contributed by atoms with Gasteiger partial charge in [-0.3, -0.25) is 0 Å². The standard InChI is InChI=1S/C12H18N2O2/c1-9-13-10(14-16-9)12-5-2-11(8-15,3-6-12)4-7-12/h15H,2-8H2,1H3. The first-order valence-electron chi connectivity index (χ1n) is 6.10. The number of aliphatic hydroxyl groups is 1. The third-order valence-corrected chi connectivity index (χ3v) is 4.74. The summed E-state index contributed by atoms with van der Waals surface area (Å²) in [7, 11) is 0. The van der Waals surface area contributed by atoms with Crippen molar-refractivity contribution < 1.29 is 9.63 Å². The number of aryl methyl sites for hydroxylation is 1. The van der Waals surface area contributed by atoms with Crippen molar-refractivity contribution in [2.45, 2.75) is 50.9 Å². The highest BCUT2D eigenvalue weighted by Gasteiger charge is 2.51. The summed E-state index contributed by atoms with van der Waals surface area (Å²) in [5.74, 6) is 1.56. The quantitative estimate of drug-likeness (QED) is 0.831. The summed E-state index contributed by atoms with van der Waals surface area (Å²) in [6.45, 7) is 2.19. The van der Waals surface area contributed by atoms with Gasteiger partial charge in [0, 0.05) is 18.9 Å². The highest BCUT2D eigenvalue weighted by molar-refractivity contribution is 5.14. The van der Waals surface area contributed by atoms with Crippen molar-refractivity contribution in [1.29, 1.82) is 0 Å². The van der Waals surface area contributed by atoms with Crippen molar-refractivity contribution in [3.8, 4) is 0 Å². The molecule has 1 aromatic rings. The fourth-order valence-electron chi connectivity index (χ4n) is 3.35. The molecule has 3 saturated carbocycles. The largest absolute Gasteiger partial charge is 0.396 e. The highest BCUT2D eigenvalue weighted by Crippen LogP contribution is 2.56. The summed E-state index contributed by atoms with van der Waals surface area (Å²) < 4.78 is 5.10. The van der Waals surface area contributed by atoms with Gasteiger partial charge in [0.05, 0.1) is 0 Å². The Balaban J connectivity index is 1.88. The highest BCUT2D eigenvalue weighted by atomic mass is 16.5. The lowest BCUT2D eigenvalue weighted by molar-refractivity contribution is -0.0104. The summed E-state index contributed by atoms with van der Waals surface area (Å²) >= 11 is 0. The van der Waals surface area contributed by atoms with Crippen LogP contribution in [0.3, 0.4) is 0 Å². The fourth-order valence-corrected chi connectivity index (χ4v) is 3.35. The molecule has 0 aromatic carbocycles. The summed E-state index contributed by atoms with van der Waals surface area (Å²) in [5, 5.41) is 13.6. The van der Waals surface area contributed by atoms with E-state index in [0.29, 0.717) is 12.5 Å². The van der Waals surface area contributed by atoms with E-state index in [1.807, 2.05) is 6.92 Å². The Morgan fingerprint density at radius 1 is 1.19 bits per heavy atom. The maximum absolute atomic E-state index is 9.48. The molecule has 1 N–H and O–H groups in total. The smallest absolute Gasteiger partial charge is 0.223 e. The first-order valence-corrected chi connectivity index (χ1v) is 6.10. The average molecular weight is 222 g/mol. The van der Waals surface area contributed by atoms with E-state index in [1.54, 1.807) is 0 Å². The Labute approximate surface area is 95.0 Å². The topological polar surface area (TPSA) is 59.2 Å². The molecule has 0 amide bonds. The van der Waals surface area contributed by atoms with Crippen molar-refractivity contribution in [2.75, 3.05) is 6.61 Å². The molecule has 16 heavy (non-hydrogen) atoms. The van der Waals surface area contributed by atoms with Crippen LogP contribution in [-0.2, 0) is 5.41 Å². The van der Waals surface area contributed by atoms with E-state index in [4.69, 9.17) is 4.52 Å². The van der Waals surface area contributed by atoms with Crippen molar-refractivity contribution in [1.82, 2.24) is 10.1 Å². The third-order valence-electron chi connectivity index (χ3n) is 4.74. The molecule has 3 aliphatic carbocycles. The predicted molar refractivity (Wildman–Crippen MR) is 57.9 cm³/mol. The van der Waals surface area contributed by atoms with Gasteiger partial charge in [-0.1, -0.05) is 5.16 Å². The number of hydrogen-bond acceptors (Lipinski definition) is 4. The molecule has 88 valence electrons. The van der Waals surface area contributed by atoms with E-state index in [9.17, 15) is 5.11 Å². The van der Waals surface area contributed by atoms with Crippen molar-refractivity contribution in [3.05, 3.63) is 11.7 Å². The van der Waals surface area contributed by atoms with Gasteiger partial charge in [0.15, 0.2) is 5.82 Å². The number of aliphatic hydroxyl groups excluding tert-OH is 1.